The number of hydrogen-bond acceptors (Lipinski definition) is 4. The topological polar surface area (TPSA) is 61.2 Å². The number of hydrogen-bond donors (Lipinski definition) is 1. The minimum atomic E-state index is -4.61. The Kier molecular flexibility index (Phi) is 3.65. The quantitative estimate of drug-likeness (QED) is 0.825. The van der Waals surface area contributed by atoms with Crippen LogP contribution in [0.2, 0.25) is 5.02 Å². The molecule has 2 heterocycles. The van der Waals surface area contributed by atoms with Crippen LogP contribution in [0.15, 0.2) is 18.2 Å². The van der Waals surface area contributed by atoms with Crippen molar-refractivity contribution in [2.75, 3.05) is 16.4 Å². The number of anilines is 1. The molecular weight excluding hydrogens is 361 g/mol. The van der Waals surface area contributed by atoms with Crippen LogP contribution >= 0.6 is 23.4 Å². The predicted molar refractivity (Wildman–Crippen MR) is 80.5 cm³/mol. The zero-order valence-corrected chi connectivity index (χ0v) is 13.3. The molecule has 2 atom stereocenters. The molecule has 0 spiro atoms. The number of amidine groups is 1. The highest BCUT2D eigenvalue weighted by Crippen LogP contribution is 2.43. The van der Waals surface area contributed by atoms with Gasteiger partial charge in [0.1, 0.15) is 0 Å². The molecule has 0 unspecified atom stereocenters. The molecule has 0 saturated carbocycles. The largest absolute Gasteiger partial charge is 0.417 e. The van der Waals surface area contributed by atoms with E-state index in [9.17, 15) is 21.6 Å². The van der Waals surface area contributed by atoms with Gasteiger partial charge in [-0.25, -0.2) is 8.42 Å². The summed E-state index contributed by atoms with van der Waals surface area (Å²) in [4.78, 5) is 1.35. The van der Waals surface area contributed by atoms with Gasteiger partial charge in [-0.1, -0.05) is 23.4 Å². The lowest BCUT2D eigenvalue weighted by atomic mass is 10.1. The summed E-state index contributed by atoms with van der Waals surface area (Å²) in [6.45, 7) is 0. The third-order valence-electron chi connectivity index (χ3n) is 3.62. The van der Waals surface area contributed by atoms with Gasteiger partial charge in [0.15, 0.2) is 15.0 Å². The van der Waals surface area contributed by atoms with Crippen molar-refractivity contribution in [1.29, 1.82) is 5.41 Å². The van der Waals surface area contributed by atoms with E-state index in [1.54, 1.807) is 0 Å². The first-order valence-corrected chi connectivity index (χ1v) is 9.28. The highest BCUT2D eigenvalue weighted by Gasteiger charge is 2.49. The second kappa shape index (κ2) is 5.04. The average molecular weight is 371 g/mol. The molecule has 1 aromatic carbocycles. The Labute approximate surface area is 134 Å². The van der Waals surface area contributed by atoms with Crippen LogP contribution in [0.5, 0.6) is 0 Å². The van der Waals surface area contributed by atoms with Gasteiger partial charge in [0.2, 0.25) is 0 Å². The van der Waals surface area contributed by atoms with Crippen LogP contribution in [0, 0.1) is 5.41 Å². The van der Waals surface area contributed by atoms with Crippen LogP contribution in [-0.4, -0.2) is 36.4 Å². The number of benzene rings is 1. The summed E-state index contributed by atoms with van der Waals surface area (Å²) in [5, 5.41) is 7.24. The van der Waals surface area contributed by atoms with Crippen LogP contribution in [0.3, 0.4) is 0 Å². The Morgan fingerprint density at radius 2 is 2.00 bits per heavy atom. The lowest BCUT2D eigenvalue weighted by molar-refractivity contribution is -0.137. The SMILES string of the molecule is N=C1S[C@H]2CS(=O)(=O)C[C@H]2N1c1ccc(Cl)c(C(F)(F)F)c1. The van der Waals surface area contributed by atoms with E-state index in [4.69, 9.17) is 17.0 Å². The Morgan fingerprint density at radius 1 is 1.32 bits per heavy atom. The number of rotatable bonds is 1. The molecule has 120 valence electrons. The standard InChI is InChI=1S/C12H10ClF3N2O2S2/c13-8-2-1-6(3-7(8)12(14,15)16)18-9-4-22(19,20)5-10(9)21-11(18)17/h1-3,9-10,17H,4-5H2/t9-,10+/m1/s1. The number of thioether (sulfide) groups is 1. The summed E-state index contributed by atoms with van der Waals surface area (Å²) in [6, 6.07) is 2.85. The maximum absolute atomic E-state index is 12.9. The first kappa shape index (κ1) is 15.9. The Morgan fingerprint density at radius 3 is 2.64 bits per heavy atom. The molecule has 0 amide bonds. The maximum Gasteiger partial charge on any atom is 0.417 e. The normalized spacial score (nSPS) is 27.3. The third-order valence-corrected chi connectivity index (χ3v) is 7.08. The highest BCUT2D eigenvalue weighted by atomic mass is 35.5. The number of fused-ring (bicyclic) bond motifs is 1. The molecule has 10 heteroatoms. The average Bonchev–Trinajstić information content (AvgIpc) is 2.79. The molecule has 1 N–H and O–H groups in total. The lowest BCUT2D eigenvalue weighted by Crippen LogP contribution is -2.37. The summed E-state index contributed by atoms with van der Waals surface area (Å²) in [6.07, 6.45) is -4.61. The Hall–Kier alpha value is -0.930. The molecule has 0 radical (unpaired) electrons. The van der Waals surface area contributed by atoms with Crippen LogP contribution in [-0.2, 0) is 16.0 Å². The first-order chi connectivity index (χ1) is 10.1. The first-order valence-electron chi connectivity index (χ1n) is 6.20. The van der Waals surface area contributed by atoms with Crippen LogP contribution < -0.4 is 4.90 Å². The van der Waals surface area contributed by atoms with Crippen LogP contribution in [0.25, 0.3) is 0 Å². The van der Waals surface area contributed by atoms with E-state index in [1.807, 2.05) is 0 Å². The van der Waals surface area contributed by atoms with Crippen LogP contribution in [0.4, 0.5) is 18.9 Å². The molecule has 2 aliphatic heterocycles. The summed E-state index contributed by atoms with van der Waals surface area (Å²) < 4.78 is 62.2. The molecule has 0 aromatic heterocycles. The van der Waals surface area contributed by atoms with Gasteiger partial charge >= 0.3 is 6.18 Å². The Balaban J connectivity index is 2.02. The van der Waals surface area contributed by atoms with Gasteiger partial charge in [-0.3, -0.25) is 5.41 Å². The molecule has 1 aromatic rings. The van der Waals surface area contributed by atoms with Crippen molar-refractivity contribution in [3.05, 3.63) is 28.8 Å². The van der Waals surface area contributed by atoms with Crippen molar-refractivity contribution in [2.45, 2.75) is 17.5 Å². The molecule has 2 aliphatic rings. The molecule has 22 heavy (non-hydrogen) atoms. The smallest absolute Gasteiger partial charge is 0.316 e. The maximum atomic E-state index is 12.9. The van der Waals surface area contributed by atoms with E-state index in [0.29, 0.717) is 0 Å². The molecule has 0 aliphatic carbocycles. The van der Waals surface area contributed by atoms with E-state index in [0.717, 1.165) is 23.9 Å². The molecule has 2 fully saturated rings. The number of alkyl halides is 3. The molecule has 4 nitrogen and oxygen atoms in total. The second-order valence-corrected chi connectivity index (χ2v) is 8.93. The van der Waals surface area contributed by atoms with E-state index in [1.165, 1.54) is 11.0 Å². The van der Waals surface area contributed by atoms with Gasteiger partial charge in [-0.15, -0.1) is 0 Å². The summed E-state index contributed by atoms with van der Waals surface area (Å²) in [5.41, 5.74) is -0.854. The number of nitrogens with zero attached hydrogens (tertiary/aromatic N) is 1. The van der Waals surface area contributed by atoms with Crippen molar-refractivity contribution in [2.24, 2.45) is 0 Å². The Bertz CT molecular complexity index is 751. The summed E-state index contributed by atoms with van der Waals surface area (Å²) in [5.74, 6) is -0.210. The highest BCUT2D eigenvalue weighted by molar-refractivity contribution is 8.15. The van der Waals surface area contributed by atoms with Gasteiger partial charge < -0.3 is 4.90 Å². The van der Waals surface area contributed by atoms with Crippen molar-refractivity contribution >= 4 is 44.1 Å². The second-order valence-electron chi connectivity index (χ2n) is 5.14. The van der Waals surface area contributed by atoms with Gasteiger partial charge in [-0.05, 0) is 18.2 Å². The van der Waals surface area contributed by atoms with Gasteiger partial charge in [0.25, 0.3) is 0 Å². The van der Waals surface area contributed by atoms with Crippen molar-refractivity contribution in [3.63, 3.8) is 0 Å². The van der Waals surface area contributed by atoms with Crippen LogP contribution in [0.1, 0.15) is 5.56 Å². The zero-order valence-electron chi connectivity index (χ0n) is 10.9. The van der Waals surface area contributed by atoms with E-state index in [2.05, 4.69) is 0 Å². The third kappa shape index (κ3) is 2.69. The predicted octanol–water partition coefficient (Wildman–Crippen LogP) is 3.01. The summed E-state index contributed by atoms with van der Waals surface area (Å²) >= 11 is 6.66. The zero-order chi connectivity index (χ0) is 16.3. The summed E-state index contributed by atoms with van der Waals surface area (Å²) in [7, 11) is -3.22. The number of sulfone groups is 1. The molecular formula is C12H10ClF3N2O2S2. The number of halogens is 4. The molecule has 2 saturated heterocycles. The van der Waals surface area contributed by atoms with Crippen molar-refractivity contribution in [3.8, 4) is 0 Å². The lowest BCUT2D eigenvalue weighted by Gasteiger charge is -2.25. The van der Waals surface area contributed by atoms with Crippen molar-refractivity contribution < 1.29 is 21.6 Å². The fraction of sp³-hybridized carbons (Fsp3) is 0.417. The molecule has 0 bridgehead atoms. The number of nitrogens with one attached hydrogen (secondary N) is 1. The fourth-order valence-electron chi connectivity index (χ4n) is 2.69. The van der Waals surface area contributed by atoms with Crippen molar-refractivity contribution in [1.82, 2.24) is 0 Å². The van der Waals surface area contributed by atoms with E-state index in [-0.39, 0.29) is 27.6 Å². The van der Waals surface area contributed by atoms with E-state index >= 15 is 0 Å². The minimum absolute atomic E-state index is 0.0546. The fourth-order valence-corrected chi connectivity index (χ4v) is 6.71. The van der Waals surface area contributed by atoms with Gasteiger partial charge in [0.05, 0.1) is 28.1 Å². The monoisotopic (exact) mass is 370 g/mol. The van der Waals surface area contributed by atoms with Gasteiger partial charge in [0, 0.05) is 10.9 Å². The molecule has 3 rings (SSSR count). The van der Waals surface area contributed by atoms with Gasteiger partial charge in [-0.2, -0.15) is 13.2 Å². The minimum Gasteiger partial charge on any atom is -0.316 e. The van der Waals surface area contributed by atoms with E-state index < -0.39 is 32.6 Å².